The summed E-state index contributed by atoms with van der Waals surface area (Å²) in [7, 11) is 0. The molecular weight excluding hydrogens is 308 g/mol. The number of Topliss-reactive ketones (excluding diaryl/α,β-unsaturated/α-hetero) is 1. The largest absolute Gasteiger partial charge is 0.301 e. The molecular formula is C22H24N2O. The Labute approximate surface area is 149 Å². The van der Waals surface area contributed by atoms with Gasteiger partial charge in [-0.1, -0.05) is 60.7 Å². The second-order valence-electron chi connectivity index (χ2n) is 8.00. The zero-order valence-corrected chi connectivity index (χ0v) is 14.5. The average Bonchev–Trinajstić information content (AvgIpc) is 2.62. The Balaban J connectivity index is 1.72. The Morgan fingerprint density at radius 3 is 1.44 bits per heavy atom. The number of hydrogen-bond donors (Lipinski definition) is 0. The van der Waals surface area contributed by atoms with Gasteiger partial charge in [-0.3, -0.25) is 4.79 Å². The fraction of sp³-hybridized carbons (Fsp3) is 0.409. The van der Waals surface area contributed by atoms with Crippen LogP contribution in [-0.4, -0.2) is 54.9 Å². The lowest BCUT2D eigenvalue weighted by Gasteiger charge is -2.59. The van der Waals surface area contributed by atoms with Gasteiger partial charge in [-0.25, -0.2) is 0 Å². The monoisotopic (exact) mass is 332 g/mol. The van der Waals surface area contributed by atoms with Crippen LogP contribution in [0.25, 0.3) is 0 Å². The van der Waals surface area contributed by atoms with Crippen LogP contribution in [-0.2, 0) is 15.6 Å². The van der Waals surface area contributed by atoms with Crippen molar-refractivity contribution in [3.63, 3.8) is 0 Å². The van der Waals surface area contributed by atoms with E-state index < -0.39 is 10.8 Å². The minimum Gasteiger partial charge on any atom is -0.301 e. The molecule has 0 unspecified atom stereocenters. The summed E-state index contributed by atoms with van der Waals surface area (Å²) < 4.78 is 0. The van der Waals surface area contributed by atoms with E-state index in [-0.39, 0.29) is 0 Å². The van der Waals surface area contributed by atoms with E-state index in [4.69, 9.17) is 0 Å². The number of carbonyl (C=O) groups is 1. The predicted octanol–water partition coefficient (Wildman–Crippen LogP) is 2.47. The molecule has 4 aliphatic heterocycles. The van der Waals surface area contributed by atoms with Gasteiger partial charge in [-0.15, -0.1) is 0 Å². The summed E-state index contributed by atoms with van der Waals surface area (Å²) in [6, 6.07) is 21.0. The first-order chi connectivity index (χ1) is 12.2. The van der Waals surface area contributed by atoms with Crippen molar-refractivity contribution < 1.29 is 4.79 Å². The van der Waals surface area contributed by atoms with Crippen LogP contribution in [0.3, 0.4) is 0 Å². The molecule has 3 nitrogen and oxygen atoms in total. The molecule has 0 N–H and O–H groups in total. The first-order valence-corrected chi connectivity index (χ1v) is 9.34. The Kier molecular flexibility index (Phi) is 3.37. The van der Waals surface area contributed by atoms with Gasteiger partial charge in [0.2, 0.25) is 0 Å². The molecule has 0 amide bonds. The van der Waals surface area contributed by atoms with Crippen molar-refractivity contribution in [2.45, 2.75) is 17.3 Å². The molecule has 0 aromatic heterocycles. The third kappa shape index (κ3) is 2.16. The van der Waals surface area contributed by atoms with Crippen molar-refractivity contribution in [1.82, 2.24) is 9.80 Å². The molecule has 2 aromatic carbocycles. The van der Waals surface area contributed by atoms with E-state index >= 15 is 0 Å². The number of carbonyl (C=O) groups excluding carboxylic acids is 1. The van der Waals surface area contributed by atoms with Crippen LogP contribution in [0.15, 0.2) is 60.7 Å². The molecule has 4 fully saturated rings. The summed E-state index contributed by atoms with van der Waals surface area (Å²) in [4.78, 5) is 19.1. The van der Waals surface area contributed by atoms with Crippen LogP contribution in [0.5, 0.6) is 0 Å². The van der Waals surface area contributed by atoms with Gasteiger partial charge in [0.1, 0.15) is 0 Å². The SMILES string of the molecule is O=C1C2(c3ccccc3)CN3CCCN(C2)CC1(c1ccccc1)C3. The second kappa shape index (κ2) is 5.52. The molecule has 4 aliphatic rings. The maximum atomic E-state index is 14.0. The number of nitrogens with zero attached hydrogens (tertiary/aromatic N) is 2. The van der Waals surface area contributed by atoms with Crippen LogP contribution in [0.2, 0.25) is 0 Å². The van der Waals surface area contributed by atoms with E-state index in [1.807, 2.05) is 12.1 Å². The van der Waals surface area contributed by atoms with Gasteiger partial charge < -0.3 is 9.80 Å². The predicted molar refractivity (Wildman–Crippen MR) is 98.7 cm³/mol. The van der Waals surface area contributed by atoms with E-state index in [1.165, 1.54) is 17.5 Å². The van der Waals surface area contributed by atoms with Crippen molar-refractivity contribution in [2.75, 3.05) is 39.3 Å². The standard InChI is InChI=1S/C22H24N2O/c25-20-21(18-8-3-1-4-9-18)14-23-12-7-13-24(15-21)17-22(20,16-23)19-10-5-2-6-11-19/h1-6,8-11H,7,12-17H2. The van der Waals surface area contributed by atoms with E-state index in [0.717, 1.165) is 39.3 Å². The number of ketones is 1. The second-order valence-corrected chi connectivity index (χ2v) is 8.00. The van der Waals surface area contributed by atoms with Crippen LogP contribution in [0.1, 0.15) is 17.5 Å². The minimum atomic E-state index is -0.395. The maximum absolute atomic E-state index is 14.0. The van der Waals surface area contributed by atoms with Gasteiger partial charge in [-0.2, -0.15) is 0 Å². The van der Waals surface area contributed by atoms with E-state index in [1.54, 1.807) is 0 Å². The molecule has 0 spiro atoms. The van der Waals surface area contributed by atoms with Gasteiger partial charge in [0.05, 0.1) is 10.8 Å². The molecule has 4 bridgehead atoms. The number of piperidine rings is 2. The third-order valence-corrected chi connectivity index (χ3v) is 6.44. The Hall–Kier alpha value is -1.97. The normalized spacial score (nSPS) is 36.9. The molecule has 128 valence electrons. The van der Waals surface area contributed by atoms with E-state index in [0.29, 0.717) is 5.78 Å². The van der Waals surface area contributed by atoms with Crippen molar-refractivity contribution in [2.24, 2.45) is 0 Å². The Bertz CT molecular complexity index is 709. The molecule has 0 saturated carbocycles. The summed E-state index contributed by atoms with van der Waals surface area (Å²) >= 11 is 0. The fourth-order valence-corrected chi connectivity index (χ4v) is 5.46. The van der Waals surface area contributed by atoms with Gasteiger partial charge in [-0.05, 0) is 30.6 Å². The topological polar surface area (TPSA) is 23.6 Å². The molecule has 0 aliphatic carbocycles. The van der Waals surface area contributed by atoms with Gasteiger partial charge in [0, 0.05) is 26.2 Å². The van der Waals surface area contributed by atoms with Crippen LogP contribution in [0, 0.1) is 0 Å². The fourth-order valence-electron chi connectivity index (χ4n) is 5.46. The van der Waals surface area contributed by atoms with Crippen LogP contribution >= 0.6 is 0 Å². The summed E-state index contributed by atoms with van der Waals surface area (Å²) in [6.45, 7) is 5.63. The highest BCUT2D eigenvalue weighted by Gasteiger charge is 2.61. The van der Waals surface area contributed by atoms with Crippen LogP contribution < -0.4 is 0 Å². The van der Waals surface area contributed by atoms with E-state index in [9.17, 15) is 4.79 Å². The lowest BCUT2D eigenvalue weighted by Crippen LogP contribution is -2.74. The van der Waals surface area contributed by atoms with Gasteiger partial charge in [0.25, 0.3) is 0 Å². The molecule has 6 rings (SSSR count). The van der Waals surface area contributed by atoms with Crippen molar-refractivity contribution >= 4 is 5.78 Å². The van der Waals surface area contributed by atoms with Gasteiger partial charge in [0.15, 0.2) is 5.78 Å². The summed E-state index contributed by atoms with van der Waals surface area (Å²) in [6.07, 6.45) is 1.20. The van der Waals surface area contributed by atoms with Crippen LogP contribution in [0.4, 0.5) is 0 Å². The molecule has 0 atom stereocenters. The zero-order valence-electron chi connectivity index (χ0n) is 14.5. The molecule has 4 saturated heterocycles. The molecule has 2 aromatic rings. The quantitative estimate of drug-likeness (QED) is 0.844. The molecule has 0 radical (unpaired) electrons. The average molecular weight is 332 g/mol. The number of rotatable bonds is 2. The Morgan fingerprint density at radius 2 is 1.04 bits per heavy atom. The molecule has 25 heavy (non-hydrogen) atoms. The minimum absolute atomic E-state index is 0.395. The zero-order chi connectivity index (χ0) is 16.9. The van der Waals surface area contributed by atoms with E-state index in [2.05, 4.69) is 58.3 Å². The highest BCUT2D eigenvalue weighted by Crippen LogP contribution is 2.47. The first kappa shape index (κ1) is 15.3. The number of benzene rings is 2. The highest BCUT2D eigenvalue weighted by molar-refractivity contribution is 6.01. The summed E-state index contributed by atoms with van der Waals surface area (Å²) in [5.41, 5.74) is 1.59. The molecule has 3 heteroatoms. The van der Waals surface area contributed by atoms with Gasteiger partial charge >= 0.3 is 0 Å². The summed E-state index contributed by atoms with van der Waals surface area (Å²) in [5, 5.41) is 0. The third-order valence-electron chi connectivity index (χ3n) is 6.44. The smallest absolute Gasteiger partial charge is 0.159 e. The lowest BCUT2D eigenvalue weighted by atomic mass is 9.57. The number of hydrogen-bond acceptors (Lipinski definition) is 3. The van der Waals surface area contributed by atoms with Crippen molar-refractivity contribution in [3.05, 3.63) is 71.8 Å². The first-order valence-electron chi connectivity index (χ1n) is 9.34. The molecule has 4 heterocycles. The maximum Gasteiger partial charge on any atom is 0.159 e. The highest BCUT2D eigenvalue weighted by atomic mass is 16.1. The summed E-state index contributed by atoms with van der Waals surface area (Å²) in [5.74, 6) is 0.437. The van der Waals surface area contributed by atoms with Crippen molar-refractivity contribution in [3.8, 4) is 0 Å². The Morgan fingerprint density at radius 1 is 0.640 bits per heavy atom. The van der Waals surface area contributed by atoms with Crippen molar-refractivity contribution in [1.29, 1.82) is 0 Å². The lowest BCUT2D eigenvalue weighted by molar-refractivity contribution is -0.146. The number of fused-ring (bicyclic) bond motifs is 2.